The molecule has 12 heteroatoms. The lowest BCUT2D eigenvalue weighted by atomic mass is 9.91. The first-order valence-corrected chi connectivity index (χ1v) is 12.9. The highest BCUT2D eigenvalue weighted by Crippen LogP contribution is 2.33. The molecular weight excluding hydrogens is 531 g/mol. The first kappa shape index (κ1) is 30.0. The van der Waals surface area contributed by atoms with Crippen molar-refractivity contribution < 1.29 is 27.5 Å². The number of carbonyl (C=O) groups is 2. The van der Waals surface area contributed by atoms with E-state index in [9.17, 15) is 22.8 Å². The van der Waals surface area contributed by atoms with Crippen LogP contribution in [0, 0.1) is 5.41 Å². The lowest BCUT2D eigenvalue weighted by Gasteiger charge is -2.34. The number of halogens is 3. The molecule has 0 spiro atoms. The van der Waals surface area contributed by atoms with Crippen molar-refractivity contribution in [3.8, 4) is 0 Å². The first-order chi connectivity index (χ1) is 18.1. The van der Waals surface area contributed by atoms with Crippen LogP contribution < -0.4 is 27.0 Å². The highest BCUT2D eigenvalue weighted by molar-refractivity contribution is 7.80. The van der Waals surface area contributed by atoms with E-state index in [1.807, 2.05) is 0 Å². The fourth-order valence-corrected chi connectivity index (χ4v) is 3.94. The fraction of sp³-hybridized carbons (Fsp3) is 0.444. The molecule has 2 aromatic carbocycles. The number of esters is 1. The van der Waals surface area contributed by atoms with Gasteiger partial charge in [-0.05, 0) is 82.1 Å². The van der Waals surface area contributed by atoms with Crippen molar-refractivity contribution in [1.29, 1.82) is 0 Å². The van der Waals surface area contributed by atoms with Crippen LogP contribution in [0.1, 0.15) is 57.2 Å². The molecule has 0 bridgehead atoms. The van der Waals surface area contributed by atoms with Crippen molar-refractivity contribution in [2.45, 2.75) is 64.8 Å². The van der Waals surface area contributed by atoms with Gasteiger partial charge in [0.2, 0.25) is 0 Å². The van der Waals surface area contributed by atoms with Gasteiger partial charge in [-0.25, -0.2) is 4.79 Å². The smallest absolute Gasteiger partial charge is 0.416 e. The summed E-state index contributed by atoms with van der Waals surface area (Å²) in [5, 5.41) is 11.7. The summed E-state index contributed by atoms with van der Waals surface area (Å²) in [4.78, 5) is 24.6. The zero-order chi connectivity index (χ0) is 29.0. The van der Waals surface area contributed by atoms with E-state index < -0.39 is 28.7 Å². The summed E-state index contributed by atoms with van der Waals surface area (Å²) in [7, 11) is 0. The van der Waals surface area contributed by atoms with Gasteiger partial charge in [0.05, 0.1) is 27.9 Å². The summed E-state index contributed by atoms with van der Waals surface area (Å²) >= 11 is 5.52. The summed E-state index contributed by atoms with van der Waals surface area (Å²) in [5.41, 5.74) is 4.81. The van der Waals surface area contributed by atoms with Crippen molar-refractivity contribution in [3.05, 3.63) is 59.2 Å². The van der Waals surface area contributed by atoms with Crippen LogP contribution in [-0.2, 0) is 27.8 Å². The molecule has 1 unspecified atom stereocenters. The summed E-state index contributed by atoms with van der Waals surface area (Å²) in [6.07, 6.45) is -2.66. The van der Waals surface area contributed by atoms with Gasteiger partial charge in [-0.2, -0.15) is 13.2 Å². The van der Waals surface area contributed by atoms with Gasteiger partial charge < -0.3 is 31.7 Å². The lowest BCUT2D eigenvalue weighted by Crippen LogP contribution is -2.49. The highest BCUT2D eigenvalue weighted by atomic mass is 32.1. The van der Waals surface area contributed by atoms with Gasteiger partial charge in [0, 0.05) is 12.6 Å². The fourth-order valence-electron chi connectivity index (χ4n) is 3.61. The zero-order valence-corrected chi connectivity index (χ0v) is 23.1. The lowest BCUT2D eigenvalue weighted by molar-refractivity contribution is -0.155. The monoisotopic (exact) mass is 565 g/mol. The molecule has 1 fully saturated rings. The van der Waals surface area contributed by atoms with Crippen LogP contribution in [0.3, 0.4) is 0 Å². The van der Waals surface area contributed by atoms with Crippen LogP contribution in [0.4, 0.5) is 29.3 Å². The number of anilines is 2. The Balaban J connectivity index is 1.83. The molecule has 212 valence electrons. The maximum atomic E-state index is 13.5. The van der Waals surface area contributed by atoms with E-state index in [1.165, 1.54) is 12.1 Å². The number of nitrogen functional groups attached to an aromatic ring is 1. The van der Waals surface area contributed by atoms with E-state index in [0.717, 1.165) is 25.0 Å². The van der Waals surface area contributed by atoms with E-state index in [1.54, 1.807) is 45.9 Å². The van der Waals surface area contributed by atoms with Crippen LogP contribution in [0.5, 0.6) is 0 Å². The van der Waals surface area contributed by atoms with Gasteiger partial charge in [0.15, 0.2) is 5.11 Å². The van der Waals surface area contributed by atoms with Gasteiger partial charge in [-0.3, -0.25) is 4.79 Å². The van der Waals surface area contributed by atoms with Crippen molar-refractivity contribution in [2.24, 2.45) is 5.41 Å². The third-order valence-electron chi connectivity index (χ3n) is 6.09. The predicted octanol–water partition coefficient (Wildman–Crippen LogP) is 5.04. The van der Waals surface area contributed by atoms with E-state index in [4.69, 9.17) is 22.7 Å². The molecule has 6 N–H and O–H groups in total. The molecule has 0 aromatic heterocycles. The van der Waals surface area contributed by atoms with Gasteiger partial charge in [0.1, 0.15) is 6.61 Å². The molecule has 0 heterocycles. The Morgan fingerprint density at radius 3 is 2.31 bits per heavy atom. The molecule has 0 aliphatic heterocycles. The molecule has 1 atom stereocenters. The topological polar surface area (TPSA) is 118 Å². The highest BCUT2D eigenvalue weighted by Gasteiger charge is 2.36. The summed E-state index contributed by atoms with van der Waals surface area (Å²) in [5.74, 6) is -0.522. The van der Waals surface area contributed by atoms with Crippen LogP contribution in [0.25, 0.3) is 0 Å². The summed E-state index contributed by atoms with van der Waals surface area (Å²) in [6.45, 7) is 6.47. The normalized spacial score (nSPS) is 15.1. The van der Waals surface area contributed by atoms with Crippen molar-refractivity contribution in [2.75, 3.05) is 17.7 Å². The largest absolute Gasteiger partial charge is 0.462 e. The van der Waals surface area contributed by atoms with Gasteiger partial charge >= 0.3 is 18.2 Å². The molecule has 1 aliphatic carbocycles. The minimum absolute atomic E-state index is 0.0308. The van der Waals surface area contributed by atoms with Crippen molar-refractivity contribution in [3.63, 3.8) is 0 Å². The van der Waals surface area contributed by atoms with Crippen LogP contribution in [-0.4, -0.2) is 29.8 Å². The number of hydrogen-bond donors (Lipinski definition) is 5. The van der Waals surface area contributed by atoms with Gasteiger partial charge in [-0.15, -0.1) is 0 Å². The molecule has 3 rings (SSSR count). The Labute approximate surface area is 231 Å². The molecule has 8 nitrogen and oxygen atoms in total. The first-order valence-electron chi connectivity index (χ1n) is 12.4. The molecule has 1 aliphatic rings. The molecular formula is C27H34F3N5O3S. The number of nitrogens with two attached hydrogens (primary N) is 1. The van der Waals surface area contributed by atoms with Crippen LogP contribution >= 0.6 is 12.2 Å². The number of ether oxygens (including phenoxy) is 1. The standard InChI is InChI=1S/C27H34F3N5O3S/c1-25(2,3)22(36)38-15-26(4,17-8-6-9-18(13-17)27(28,29)30)35-24(39)34-21-16(7-5-10-20(21)31)14-32-23(37)33-19-11-12-19/h5-10,13,19H,11-12,14-15,31H2,1-4H3,(H2,32,33,37)(H2,34,35,39). The molecule has 2 aromatic rings. The second-order valence-electron chi connectivity index (χ2n) is 10.8. The summed E-state index contributed by atoms with van der Waals surface area (Å²) < 4.78 is 45.9. The van der Waals surface area contributed by atoms with Crippen LogP contribution in [0.2, 0.25) is 0 Å². The number of nitrogens with one attached hydrogen (secondary N) is 4. The Morgan fingerprint density at radius 2 is 1.69 bits per heavy atom. The Morgan fingerprint density at radius 1 is 1.05 bits per heavy atom. The maximum Gasteiger partial charge on any atom is 0.416 e. The number of alkyl halides is 3. The Bertz CT molecular complexity index is 1230. The number of rotatable bonds is 8. The van der Waals surface area contributed by atoms with Gasteiger partial charge in [0.25, 0.3) is 0 Å². The van der Waals surface area contributed by atoms with E-state index in [2.05, 4.69) is 21.3 Å². The number of carbonyl (C=O) groups excluding carboxylic acids is 2. The number of urea groups is 1. The van der Waals surface area contributed by atoms with Crippen molar-refractivity contribution >= 4 is 40.7 Å². The minimum atomic E-state index is -4.57. The average Bonchev–Trinajstić information content (AvgIpc) is 3.65. The Hall–Kier alpha value is -3.54. The number of amides is 2. The van der Waals surface area contributed by atoms with E-state index >= 15 is 0 Å². The van der Waals surface area contributed by atoms with E-state index in [-0.39, 0.29) is 35.9 Å². The van der Waals surface area contributed by atoms with Crippen LogP contribution in [0.15, 0.2) is 42.5 Å². The number of benzene rings is 2. The molecule has 1 saturated carbocycles. The Kier molecular flexibility index (Phi) is 8.99. The number of hydrogen-bond acceptors (Lipinski definition) is 5. The SMILES string of the molecule is CC(C)(C)C(=O)OCC(C)(NC(=S)Nc1c(N)cccc1CNC(=O)NC1CC1)c1cccc(C(F)(F)F)c1. The number of thiocarbonyl (C=S) groups is 1. The van der Waals surface area contributed by atoms with Gasteiger partial charge in [-0.1, -0.05) is 24.3 Å². The zero-order valence-electron chi connectivity index (χ0n) is 22.3. The third-order valence-corrected chi connectivity index (χ3v) is 6.30. The third kappa shape index (κ3) is 8.47. The number of para-hydroxylation sites is 1. The molecule has 39 heavy (non-hydrogen) atoms. The van der Waals surface area contributed by atoms with Crippen molar-refractivity contribution in [1.82, 2.24) is 16.0 Å². The quantitative estimate of drug-likeness (QED) is 0.173. The molecule has 0 radical (unpaired) electrons. The predicted molar refractivity (Wildman–Crippen MR) is 148 cm³/mol. The van der Waals surface area contributed by atoms with E-state index in [0.29, 0.717) is 16.9 Å². The second kappa shape index (κ2) is 11.7. The summed E-state index contributed by atoms with van der Waals surface area (Å²) in [6, 6.07) is 9.77. The molecule has 0 saturated heterocycles. The second-order valence-corrected chi connectivity index (χ2v) is 11.2. The molecule has 2 amide bonds. The maximum absolute atomic E-state index is 13.5. The average molecular weight is 566 g/mol. The minimum Gasteiger partial charge on any atom is -0.462 e.